The smallest absolute Gasteiger partial charge is 0.314 e. The van der Waals surface area contributed by atoms with Crippen LogP contribution in [0.5, 0.6) is 0 Å². The van der Waals surface area contributed by atoms with Crippen molar-refractivity contribution in [3.63, 3.8) is 0 Å². The number of nitrogens with two attached hydrogens (primary N) is 1. The van der Waals surface area contributed by atoms with Gasteiger partial charge in [-0.1, -0.05) is 6.07 Å². The van der Waals surface area contributed by atoms with Gasteiger partial charge in [0.1, 0.15) is 0 Å². The summed E-state index contributed by atoms with van der Waals surface area (Å²) in [5.74, 6) is 0. The number of urea groups is 1. The minimum Gasteiger partial charge on any atom is -0.351 e. The van der Waals surface area contributed by atoms with E-state index < -0.39 is 0 Å². The first kappa shape index (κ1) is 14.0. The van der Waals surface area contributed by atoms with Crippen molar-refractivity contribution >= 4 is 34.2 Å². The van der Waals surface area contributed by atoms with Crippen LogP contribution in [0.3, 0.4) is 0 Å². The molecule has 0 aliphatic carbocycles. The molecule has 0 unspecified atom stereocenters. The van der Waals surface area contributed by atoms with Gasteiger partial charge in [0.25, 0.3) is 5.24 Å². The summed E-state index contributed by atoms with van der Waals surface area (Å²) < 4.78 is 0. The van der Waals surface area contributed by atoms with Gasteiger partial charge in [0.15, 0.2) is 0 Å². The third kappa shape index (κ3) is 5.16. The second kappa shape index (κ2) is 7.26. The van der Waals surface area contributed by atoms with E-state index in [4.69, 9.17) is 17.3 Å². The molecular weight excluding hydrogens is 262 g/mol. The highest BCUT2D eigenvalue weighted by Crippen LogP contribution is 2.10. The molecule has 0 atom stereocenters. The molecular formula is C10H14ClN3O2S. The number of hydrogen-bond donors (Lipinski definition) is 2. The number of nitrogens with zero attached hydrogens (tertiary/aromatic N) is 1. The van der Waals surface area contributed by atoms with E-state index in [-0.39, 0.29) is 11.3 Å². The highest BCUT2D eigenvalue weighted by Gasteiger charge is 2.11. The van der Waals surface area contributed by atoms with E-state index >= 15 is 0 Å². The Morgan fingerprint density at radius 2 is 2.06 bits per heavy atom. The van der Waals surface area contributed by atoms with Crippen LogP contribution in [-0.2, 0) is 0 Å². The molecule has 1 aromatic heterocycles. The molecule has 0 aromatic carbocycles. The van der Waals surface area contributed by atoms with Crippen LogP contribution in [0.15, 0.2) is 17.5 Å². The van der Waals surface area contributed by atoms with Crippen LogP contribution >= 0.6 is 22.9 Å². The van der Waals surface area contributed by atoms with E-state index in [1.165, 1.54) is 11.3 Å². The third-order valence-corrected chi connectivity index (χ3v) is 3.33. The van der Waals surface area contributed by atoms with Gasteiger partial charge in [-0.05, 0) is 23.0 Å². The summed E-state index contributed by atoms with van der Waals surface area (Å²) in [5.41, 5.74) is 5.03. The van der Waals surface area contributed by atoms with Crippen molar-refractivity contribution in [1.29, 1.82) is 0 Å². The minimum absolute atomic E-state index is 0.309. The van der Waals surface area contributed by atoms with E-state index in [0.29, 0.717) is 4.88 Å². The zero-order valence-electron chi connectivity index (χ0n) is 9.19. The van der Waals surface area contributed by atoms with Gasteiger partial charge in [0.05, 0.1) is 4.88 Å². The third-order valence-electron chi connectivity index (χ3n) is 2.14. The average molecular weight is 276 g/mol. The number of amides is 2. The molecule has 2 heterocycles. The van der Waals surface area contributed by atoms with Crippen LogP contribution in [0.4, 0.5) is 4.79 Å². The first-order valence-electron chi connectivity index (χ1n) is 5.09. The predicted molar refractivity (Wildman–Crippen MR) is 68.5 cm³/mol. The number of primary amides is 1. The maximum Gasteiger partial charge on any atom is 0.314 e. The van der Waals surface area contributed by atoms with Gasteiger partial charge in [0, 0.05) is 26.2 Å². The highest BCUT2D eigenvalue weighted by molar-refractivity contribution is 7.13. The van der Waals surface area contributed by atoms with E-state index in [1.807, 2.05) is 5.38 Å². The Bertz CT molecular complexity index is 364. The summed E-state index contributed by atoms with van der Waals surface area (Å²) in [6.07, 6.45) is 0. The second-order valence-corrected chi connectivity index (χ2v) is 4.62. The minimum atomic E-state index is -0.375. The Hall–Kier alpha value is -1.11. The van der Waals surface area contributed by atoms with E-state index in [1.54, 1.807) is 17.0 Å². The molecule has 2 rings (SSSR count). The lowest BCUT2D eigenvalue weighted by atomic mass is 10.4. The monoisotopic (exact) mass is 275 g/mol. The summed E-state index contributed by atoms with van der Waals surface area (Å²) in [7, 11) is 0. The Labute approximate surface area is 109 Å². The zero-order chi connectivity index (χ0) is 12.7. The number of carbonyl (C=O) groups excluding carboxylic acids is 2. The lowest BCUT2D eigenvalue weighted by Crippen LogP contribution is -2.48. The molecule has 94 valence electrons. The number of piperazine rings is 1. The predicted octanol–water partition coefficient (Wildman–Crippen LogP) is 1.10. The molecule has 7 heteroatoms. The number of thiophene rings is 1. The molecule has 1 fully saturated rings. The van der Waals surface area contributed by atoms with Gasteiger partial charge < -0.3 is 16.0 Å². The Kier molecular flexibility index (Phi) is 5.96. The molecule has 17 heavy (non-hydrogen) atoms. The Morgan fingerprint density at radius 3 is 2.35 bits per heavy atom. The molecule has 0 spiro atoms. The van der Waals surface area contributed by atoms with Gasteiger partial charge in [-0.15, -0.1) is 11.3 Å². The van der Waals surface area contributed by atoms with Crippen LogP contribution in [0.25, 0.3) is 0 Å². The number of hydrogen-bond acceptors (Lipinski definition) is 4. The number of carbonyl (C=O) groups is 2. The molecule has 3 N–H and O–H groups in total. The van der Waals surface area contributed by atoms with E-state index in [0.717, 1.165) is 26.2 Å². The lowest BCUT2D eigenvalue weighted by molar-refractivity contribution is 0.108. The summed E-state index contributed by atoms with van der Waals surface area (Å²) in [6.45, 7) is 3.22. The highest BCUT2D eigenvalue weighted by atomic mass is 35.5. The van der Waals surface area contributed by atoms with Crippen LogP contribution in [0, 0.1) is 0 Å². The number of halogens is 1. The van der Waals surface area contributed by atoms with Crippen molar-refractivity contribution in [2.45, 2.75) is 0 Å². The average Bonchev–Trinajstić information content (AvgIpc) is 2.84. The Morgan fingerprint density at radius 1 is 1.41 bits per heavy atom. The van der Waals surface area contributed by atoms with Gasteiger partial charge in [0.2, 0.25) is 0 Å². The van der Waals surface area contributed by atoms with Crippen LogP contribution in [0.1, 0.15) is 9.67 Å². The Balaban J connectivity index is 0.000000171. The maximum atomic E-state index is 10.5. The summed E-state index contributed by atoms with van der Waals surface area (Å²) in [6, 6.07) is 3.18. The molecule has 1 saturated heterocycles. The van der Waals surface area contributed by atoms with Gasteiger partial charge >= 0.3 is 6.03 Å². The van der Waals surface area contributed by atoms with Gasteiger partial charge in [-0.25, -0.2) is 4.79 Å². The van der Waals surface area contributed by atoms with Crippen LogP contribution < -0.4 is 11.1 Å². The fourth-order valence-electron chi connectivity index (χ4n) is 1.28. The van der Waals surface area contributed by atoms with Crippen LogP contribution in [0.2, 0.25) is 0 Å². The topological polar surface area (TPSA) is 75.4 Å². The first-order valence-corrected chi connectivity index (χ1v) is 6.35. The molecule has 0 saturated carbocycles. The second-order valence-electron chi connectivity index (χ2n) is 3.33. The molecule has 1 aliphatic heterocycles. The number of rotatable bonds is 1. The van der Waals surface area contributed by atoms with Gasteiger partial charge in [-0.2, -0.15) is 0 Å². The maximum absolute atomic E-state index is 10.5. The molecule has 0 bridgehead atoms. The standard InChI is InChI=1S/C5H3ClOS.C5H11N3O/c6-5(7)4-2-1-3-8-4;6-5(9)8-3-1-7-2-4-8/h1-3H;7H,1-4H2,(H2,6,9). The summed E-state index contributed by atoms with van der Waals surface area (Å²) in [4.78, 5) is 23.0. The molecule has 0 radical (unpaired) electrons. The lowest BCUT2D eigenvalue weighted by Gasteiger charge is -2.25. The SMILES string of the molecule is NC(=O)N1CCNCC1.O=C(Cl)c1cccs1. The van der Waals surface area contributed by atoms with Crippen molar-refractivity contribution in [2.75, 3.05) is 26.2 Å². The van der Waals surface area contributed by atoms with Crippen molar-refractivity contribution in [1.82, 2.24) is 10.2 Å². The summed E-state index contributed by atoms with van der Waals surface area (Å²) in [5, 5.41) is 4.56. The van der Waals surface area contributed by atoms with E-state index in [2.05, 4.69) is 5.32 Å². The van der Waals surface area contributed by atoms with Crippen molar-refractivity contribution in [3.8, 4) is 0 Å². The quantitative estimate of drug-likeness (QED) is 0.754. The molecule has 2 amide bonds. The zero-order valence-corrected chi connectivity index (χ0v) is 10.8. The van der Waals surface area contributed by atoms with Crippen molar-refractivity contribution in [2.24, 2.45) is 5.73 Å². The van der Waals surface area contributed by atoms with Crippen molar-refractivity contribution in [3.05, 3.63) is 22.4 Å². The fourth-order valence-corrected chi connectivity index (χ4v) is 2.03. The molecule has 5 nitrogen and oxygen atoms in total. The van der Waals surface area contributed by atoms with Crippen LogP contribution in [-0.4, -0.2) is 42.4 Å². The first-order chi connectivity index (χ1) is 8.11. The van der Waals surface area contributed by atoms with Gasteiger partial charge in [-0.3, -0.25) is 4.79 Å². The molecule has 1 aromatic rings. The number of nitrogens with one attached hydrogen (secondary N) is 1. The largest absolute Gasteiger partial charge is 0.351 e. The fraction of sp³-hybridized carbons (Fsp3) is 0.400. The normalized spacial score (nSPS) is 14.8. The van der Waals surface area contributed by atoms with E-state index in [9.17, 15) is 9.59 Å². The van der Waals surface area contributed by atoms with Crippen molar-refractivity contribution < 1.29 is 9.59 Å². The summed E-state index contributed by atoms with van der Waals surface area (Å²) >= 11 is 6.47. The molecule has 1 aliphatic rings.